The lowest BCUT2D eigenvalue weighted by Gasteiger charge is -2.12. The first kappa shape index (κ1) is 15.8. The highest BCUT2D eigenvalue weighted by atomic mass is 16.6. The third kappa shape index (κ3) is 2.74. The van der Waals surface area contributed by atoms with Gasteiger partial charge in [-0.05, 0) is 31.5 Å². The van der Waals surface area contributed by atoms with E-state index in [0.717, 1.165) is 22.3 Å². The maximum absolute atomic E-state index is 11.9. The van der Waals surface area contributed by atoms with Crippen LogP contribution >= 0.6 is 0 Å². The summed E-state index contributed by atoms with van der Waals surface area (Å²) < 4.78 is 1.68. The Labute approximate surface area is 138 Å². The Morgan fingerprint density at radius 2 is 2.12 bits per heavy atom. The molecule has 0 fully saturated rings. The van der Waals surface area contributed by atoms with Gasteiger partial charge in [0.15, 0.2) is 5.82 Å². The molecule has 2 heterocycles. The summed E-state index contributed by atoms with van der Waals surface area (Å²) in [5.41, 5.74) is 12.8. The number of nitrogens with two attached hydrogens (primary N) is 1. The standard InChI is InChI=1S/C16H18N6O2/c1-9-4-5-11(16(23)21-24-3)6-13(9)20-15-14-10(2)12(17)7-22(14)19-8-18-15/h4-8H,17H2,1-3H3,(H,21,23)(H,18,19,20). The average Bonchev–Trinajstić information content (AvgIpc) is 2.85. The highest BCUT2D eigenvalue weighted by molar-refractivity contribution is 5.95. The van der Waals surface area contributed by atoms with Crippen molar-refractivity contribution in [3.05, 3.63) is 47.4 Å². The maximum Gasteiger partial charge on any atom is 0.274 e. The van der Waals surface area contributed by atoms with Crippen molar-refractivity contribution in [3.63, 3.8) is 0 Å². The smallest absolute Gasteiger partial charge is 0.274 e. The van der Waals surface area contributed by atoms with E-state index in [1.807, 2.05) is 19.9 Å². The maximum atomic E-state index is 11.9. The molecule has 0 unspecified atom stereocenters. The number of carbonyl (C=O) groups is 1. The van der Waals surface area contributed by atoms with E-state index in [4.69, 9.17) is 5.73 Å². The predicted octanol–water partition coefficient (Wildman–Crippen LogP) is 1.96. The third-order valence-electron chi connectivity index (χ3n) is 3.81. The molecule has 3 rings (SSSR count). The van der Waals surface area contributed by atoms with Gasteiger partial charge in [0.05, 0.1) is 19.0 Å². The summed E-state index contributed by atoms with van der Waals surface area (Å²) in [5, 5.41) is 7.42. The largest absolute Gasteiger partial charge is 0.397 e. The molecule has 4 N–H and O–H groups in total. The Morgan fingerprint density at radius 3 is 2.88 bits per heavy atom. The number of nitrogen functional groups attached to an aromatic ring is 1. The van der Waals surface area contributed by atoms with Gasteiger partial charge in [-0.15, -0.1) is 0 Å². The van der Waals surface area contributed by atoms with Crippen LogP contribution < -0.4 is 16.5 Å². The average molecular weight is 326 g/mol. The van der Waals surface area contributed by atoms with Crippen LogP contribution in [0.15, 0.2) is 30.7 Å². The number of hydrogen-bond acceptors (Lipinski definition) is 6. The molecule has 8 heteroatoms. The van der Waals surface area contributed by atoms with Gasteiger partial charge in [0.1, 0.15) is 11.8 Å². The minimum absolute atomic E-state index is 0.323. The van der Waals surface area contributed by atoms with E-state index in [0.29, 0.717) is 17.1 Å². The fraction of sp³-hybridized carbons (Fsp3) is 0.188. The number of rotatable bonds is 4. The normalized spacial score (nSPS) is 10.8. The lowest BCUT2D eigenvalue weighted by atomic mass is 10.1. The second-order valence-electron chi connectivity index (χ2n) is 5.40. The van der Waals surface area contributed by atoms with Gasteiger partial charge in [-0.25, -0.2) is 15.0 Å². The summed E-state index contributed by atoms with van der Waals surface area (Å²) in [5.74, 6) is 0.295. The van der Waals surface area contributed by atoms with Gasteiger partial charge in [-0.1, -0.05) is 6.07 Å². The molecule has 1 aromatic carbocycles. The number of carbonyl (C=O) groups excluding carboxylic acids is 1. The van der Waals surface area contributed by atoms with E-state index in [9.17, 15) is 4.79 Å². The van der Waals surface area contributed by atoms with Gasteiger partial charge < -0.3 is 11.1 Å². The SMILES string of the molecule is CONC(=O)c1ccc(C)c(Nc2ncnn3cc(N)c(C)c23)c1. The molecular weight excluding hydrogens is 308 g/mol. The summed E-state index contributed by atoms with van der Waals surface area (Å²) in [4.78, 5) is 20.9. The van der Waals surface area contributed by atoms with E-state index < -0.39 is 0 Å². The number of hydrogen-bond donors (Lipinski definition) is 3. The van der Waals surface area contributed by atoms with Crippen LogP contribution in [0.5, 0.6) is 0 Å². The summed E-state index contributed by atoms with van der Waals surface area (Å²) in [6.07, 6.45) is 3.19. The lowest BCUT2D eigenvalue weighted by molar-refractivity contribution is 0.0537. The van der Waals surface area contributed by atoms with Gasteiger partial charge in [0.25, 0.3) is 5.91 Å². The number of nitrogens with one attached hydrogen (secondary N) is 2. The van der Waals surface area contributed by atoms with Crippen LogP contribution in [-0.4, -0.2) is 27.6 Å². The summed E-state index contributed by atoms with van der Waals surface area (Å²) in [6, 6.07) is 5.32. The number of nitrogens with zero attached hydrogens (tertiary/aromatic N) is 3. The van der Waals surface area contributed by atoms with Crippen molar-refractivity contribution in [1.82, 2.24) is 20.1 Å². The number of aryl methyl sites for hydroxylation is 2. The van der Waals surface area contributed by atoms with Gasteiger partial charge in [-0.2, -0.15) is 5.10 Å². The molecule has 0 saturated heterocycles. The minimum atomic E-state index is -0.323. The predicted molar refractivity (Wildman–Crippen MR) is 91.1 cm³/mol. The van der Waals surface area contributed by atoms with Crippen LogP contribution in [0.4, 0.5) is 17.2 Å². The molecule has 0 spiro atoms. The minimum Gasteiger partial charge on any atom is -0.397 e. The molecule has 1 amide bonds. The van der Waals surface area contributed by atoms with Crippen molar-refractivity contribution >= 4 is 28.6 Å². The van der Waals surface area contributed by atoms with Crippen molar-refractivity contribution in [2.45, 2.75) is 13.8 Å². The Balaban J connectivity index is 2.02. The van der Waals surface area contributed by atoms with Crippen LogP contribution in [0, 0.1) is 13.8 Å². The molecule has 0 aliphatic carbocycles. The van der Waals surface area contributed by atoms with Crippen LogP contribution in [0.3, 0.4) is 0 Å². The molecule has 0 aliphatic rings. The lowest BCUT2D eigenvalue weighted by Crippen LogP contribution is -2.21. The van der Waals surface area contributed by atoms with Crippen LogP contribution in [0.1, 0.15) is 21.5 Å². The Hall–Kier alpha value is -3.13. The molecule has 0 aliphatic heterocycles. The topological polar surface area (TPSA) is 107 Å². The Kier molecular flexibility index (Phi) is 4.05. The second-order valence-corrected chi connectivity index (χ2v) is 5.40. The quantitative estimate of drug-likeness (QED) is 0.633. The van der Waals surface area contributed by atoms with Gasteiger partial charge in [0.2, 0.25) is 0 Å². The van der Waals surface area contributed by atoms with Crippen molar-refractivity contribution in [3.8, 4) is 0 Å². The zero-order valence-electron chi connectivity index (χ0n) is 13.6. The Bertz CT molecular complexity index is 918. The molecule has 124 valence electrons. The number of benzene rings is 1. The fourth-order valence-corrected chi connectivity index (χ4v) is 2.45. The van der Waals surface area contributed by atoms with E-state index in [2.05, 4.69) is 25.7 Å². The molecule has 0 bridgehead atoms. The number of hydroxylamine groups is 1. The molecule has 0 atom stereocenters. The number of fused-ring (bicyclic) bond motifs is 1. The van der Waals surface area contributed by atoms with Crippen LogP contribution in [-0.2, 0) is 4.84 Å². The summed E-state index contributed by atoms with van der Waals surface area (Å²) >= 11 is 0. The second kappa shape index (κ2) is 6.17. The molecule has 0 saturated carbocycles. The van der Waals surface area contributed by atoms with Crippen molar-refractivity contribution < 1.29 is 9.63 Å². The fourth-order valence-electron chi connectivity index (χ4n) is 2.45. The zero-order valence-corrected chi connectivity index (χ0v) is 13.6. The molecule has 2 aromatic heterocycles. The molecule has 24 heavy (non-hydrogen) atoms. The molecule has 0 radical (unpaired) electrons. The number of anilines is 3. The molecule has 3 aromatic rings. The first-order chi connectivity index (χ1) is 11.5. The molecule has 8 nitrogen and oxygen atoms in total. The number of aromatic nitrogens is 3. The van der Waals surface area contributed by atoms with Gasteiger partial charge in [0, 0.05) is 16.8 Å². The number of amides is 1. The van der Waals surface area contributed by atoms with Crippen molar-refractivity contribution in [1.29, 1.82) is 0 Å². The van der Waals surface area contributed by atoms with Crippen molar-refractivity contribution in [2.24, 2.45) is 0 Å². The Morgan fingerprint density at radius 1 is 1.33 bits per heavy atom. The van der Waals surface area contributed by atoms with E-state index in [-0.39, 0.29) is 5.91 Å². The van der Waals surface area contributed by atoms with E-state index in [1.165, 1.54) is 13.4 Å². The highest BCUT2D eigenvalue weighted by Crippen LogP contribution is 2.28. The van der Waals surface area contributed by atoms with E-state index >= 15 is 0 Å². The van der Waals surface area contributed by atoms with Gasteiger partial charge in [-0.3, -0.25) is 9.63 Å². The first-order valence-corrected chi connectivity index (χ1v) is 7.30. The molecular formula is C16H18N6O2. The monoisotopic (exact) mass is 326 g/mol. The van der Waals surface area contributed by atoms with Crippen LogP contribution in [0.25, 0.3) is 5.52 Å². The summed E-state index contributed by atoms with van der Waals surface area (Å²) in [6.45, 7) is 3.85. The highest BCUT2D eigenvalue weighted by Gasteiger charge is 2.13. The summed E-state index contributed by atoms with van der Waals surface area (Å²) in [7, 11) is 1.39. The first-order valence-electron chi connectivity index (χ1n) is 7.30. The van der Waals surface area contributed by atoms with Crippen LogP contribution in [0.2, 0.25) is 0 Å². The van der Waals surface area contributed by atoms with E-state index in [1.54, 1.807) is 22.8 Å². The third-order valence-corrected chi connectivity index (χ3v) is 3.81. The van der Waals surface area contributed by atoms with Gasteiger partial charge >= 0.3 is 0 Å². The van der Waals surface area contributed by atoms with Crippen molar-refractivity contribution in [2.75, 3.05) is 18.2 Å². The zero-order chi connectivity index (χ0) is 17.3.